The highest BCUT2D eigenvalue weighted by Crippen LogP contribution is 2.24. The molecule has 1 N–H and O–H groups in total. The second-order valence-electron chi connectivity index (χ2n) is 4.30. The molecule has 0 heterocycles. The molecule has 22 heavy (non-hydrogen) atoms. The van der Waals surface area contributed by atoms with Gasteiger partial charge in [0.1, 0.15) is 17.1 Å². The number of hydrogen-bond acceptors (Lipinski definition) is 4. The number of carboxylic acids is 1. The van der Waals surface area contributed by atoms with Crippen molar-refractivity contribution in [3.63, 3.8) is 0 Å². The van der Waals surface area contributed by atoms with Gasteiger partial charge in [-0.15, -0.1) is 0 Å². The van der Waals surface area contributed by atoms with Gasteiger partial charge in [-0.25, -0.2) is 9.59 Å². The zero-order chi connectivity index (χ0) is 16.1. The Morgan fingerprint density at radius 1 is 1.18 bits per heavy atom. The largest absolute Gasteiger partial charge is 0.494 e. The van der Waals surface area contributed by atoms with E-state index in [1.807, 2.05) is 6.92 Å². The molecule has 0 spiro atoms. The lowest BCUT2D eigenvalue weighted by molar-refractivity contribution is 0.0681. The average Bonchev–Trinajstić information content (AvgIpc) is 2.49. The van der Waals surface area contributed by atoms with Crippen molar-refractivity contribution in [1.82, 2.24) is 0 Å². The van der Waals surface area contributed by atoms with Gasteiger partial charge in [-0.3, -0.25) is 0 Å². The second-order valence-corrected chi connectivity index (χ2v) is 4.73. The number of aromatic carboxylic acids is 1. The summed E-state index contributed by atoms with van der Waals surface area (Å²) in [4.78, 5) is 23.3. The van der Waals surface area contributed by atoms with Crippen molar-refractivity contribution in [3.8, 4) is 11.5 Å². The highest BCUT2D eigenvalue weighted by molar-refractivity contribution is 6.31. The van der Waals surface area contributed by atoms with E-state index in [2.05, 4.69) is 0 Å². The molecule has 0 saturated carbocycles. The van der Waals surface area contributed by atoms with E-state index in [0.717, 1.165) is 0 Å². The van der Waals surface area contributed by atoms with Crippen molar-refractivity contribution in [2.24, 2.45) is 0 Å². The zero-order valence-corrected chi connectivity index (χ0v) is 12.5. The number of rotatable bonds is 5. The monoisotopic (exact) mass is 320 g/mol. The third kappa shape index (κ3) is 3.77. The van der Waals surface area contributed by atoms with Crippen LogP contribution in [0.1, 0.15) is 27.6 Å². The van der Waals surface area contributed by atoms with E-state index in [0.29, 0.717) is 12.4 Å². The number of carbonyl (C=O) groups excluding carboxylic acids is 1. The zero-order valence-electron chi connectivity index (χ0n) is 11.7. The Morgan fingerprint density at radius 2 is 1.95 bits per heavy atom. The van der Waals surface area contributed by atoms with Gasteiger partial charge in [0.15, 0.2) is 0 Å². The maximum atomic E-state index is 12.1. The summed E-state index contributed by atoms with van der Waals surface area (Å²) in [5.41, 5.74) is 0.0825. The Hall–Kier alpha value is -2.53. The molecular formula is C16H13ClO5. The van der Waals surface area contributed by atoms with E-state index >= 15 is 0 Å². The molecule has 6 heteroatoms. The summed E-state index contributed by atoms with van der Waals surface area (Å²) in [6.07, 6.45) is 0. The number of carbonyl (C=O) groups is 2. The Labute approximate surface area is 132 Å². The van der Waals surface area contributed by atoms with Gasteiger partial charge in [-0.2, -0.15) is 0 Å². The molecule has 5 nitrogen and oxygen atoms in total. The fraction of sp³-hybridized carbons (Fsp3) is 0.125. The molecule has 0 aromatic heterocycles. The summed E-state index contributed by atoms with van der Waals surface area (Å²) in [5, 5.41) is 9.36. The van der Waals surface area contributed by atoms with Crippen LogP contribution in [0.3, 0.4) is 0 Å². The van der Waals surface area contributed by atoms with E-state index in [1.165, 1.54) is 24.3 Å². The minimum atomic E-state index is -1.23. The van der Waals surface area contributed by atoms with Gasteiger partial charge >= 0.3 is 11.9 Å². The van der Waals surface area contributed by atoms with Gasteiger partial charge in [-0.1, -0.05) is 17.7 Å². The van der Waals surface area contributed by atoms with E-state index < -0.39 is 11.9 Å². The number of ether oxygens (including phenoxy) is 2. The van der Waals surface area contributed by atoms with Crippen molar-refractivity contribution >= 4 is 23.5 Å². The number of halogens is 1. The van der Waals surface area contributed by atoms with Crippen LogP contribution in [-0.4, -0.2) is 23.7 Å². The normalized spacial score (nSPS) is 10.1. The van der Waals surface area contributed by atoms with Crippen molar-refractivity contribution in [2.75, 3.05) is 6.61 Å². The molecule has 2 aromatic rings. The summed E-state index contributed by atoms with van der Waals surface area (Å²) in [6.45, 7) is 2.30. The fourth-order valence-electron chi connectivity index (χ4n) is 1.80. The van der Waals surface area contributed by atoms with Crippen LogP contribution in [-0.2, 0) is 0 Å². The molecule has 0 radical (unpaired) electrons. The molecule has 0 aliphatic carbocycles. The van der Waals surface area contributed by atoms with Crippen molar-refractivity contribution < 1.29 is 24.2 Å². The highest BCUT2D eigenvalue weighted by atomic mass is 35.5. The van der Waals surface area contributed by atoms with E-state index in [4.69, 9.17) is 26.2 Å². The molecule has 0 unspecified atom stereocenters. The molecule has 0 bridgehead atoms. The van der Waals surface area contributed by atoms with Crippen molar-refractivity contribution in [1.29, 1.82) is 0 Å². The van der Waals surface area contributed by atoms with Crippen LogP contribution in [0.4, 0.5) is 0 Å². The highest BCUT2D eigenvalue weighted by Gasteiger charge is 2.16. The van der Waals surface area contributed by atoms with E-state index in [1.54, 1.807) is 18.2 Å². The first-order valence-corrected chi connectivity index (χ1v) is 6.87. The van der Waals surface area contributed by atoms with Crippen LogP contribution in [0.5, 0.6) is 11.5 Å². The first kappa shape index (κ1) is 15.9. The Kier molecular flexibility index (Phi) is 5.01. The topological polar surface area (TPSA) is 72.8 Å². The van der Waals surface area contributed by atoms with Gasteiger partial charge in [0.25, 0.3) is 0 Å². The Bertz CT molecular complexity index is 711. The average molecular weight is 321 g/mol. The van der Waals surface area contributed by atoms with Gasteiger partial charge in [0.2, 0.25) is 0 Å². The SMILES string of the molecule is CCOc1cccc(C(=O)Oc2ccc(Cl)cc2C(=O)O)c1. The first-order valence-electron chi connectivity index (χ1n) is 6.49. The van der Waals surface area contributed by atoms with Gasteiger partial charge in [-0.05, 0) is 43.3 Å². The molecule has 2 aromatic carbocycles. The van der Waals surface area contributed by atoms with Gasteiger partial charge in [0, 0.05) is 5.02 Å². The molecule has 0 aliphatic rings. The quantitative estimate of drug-likeness (QED) is 0.672. The maximum absolute atomic E-state index is 12.1. The van der Waals surface area contributed by atoms with Crippen LogP contribution in [0.15, 0.2) is 42.5 Å². The fourth-order valence-corrected chi connectivity index (χ4v) is 1.97. The standard InChI is InChI=1S/C16H13ClO5/c1-2-21-12-5-3-4-10(8-12)16(20)22-14-7-6-11(17)9-13(14)15(18)19/h3-9H,2H2,1H3,(H,18,19). The van der Waals surface area contributed by atoms with Gasteiger partial charge in [0.05, 0.1) is 12.2 Å². The van der Waals surface area contributed by atoms with Crippen LogP contribution in [0.2, 0.25) is 5.02 Å². The molecule has 0 aliphatic heterocycles. The lowest BCUT2D eigenvalue weighted by Gasteiger charge is -2.09. The summed E-state index contributed by atoms with van der Waals surface area (Å²) < 4.78 is 10.5. The van der Waals surface area contributed by atoms with E-state index in [9.17, 15) is 9.59 Å². The predicted molar refractivity (Wildman–Crippen MR) is 81.0 cm³/mol. The third-order valence-electron chi connectivity index (χ3n) is 2.76. The number of esters is 1. The van der Waals surface area contributed by atoms with Crippen molar-refractivity contribution in [2.45, 2.75) is 6.92 Å². The van der Waals surface area contributed by atoms with Crippen LogP contribution in [0, 0.1) is 0 Å². The predicted octanol–water partition coefficient (Wildman–Crippen LogP) is 3.66. The second kappa shape index (κ2) is 6.95. The van der Waals surface area contributed by atoms with Crippen molar-refractivity contribution in [3.05, 3.63) is 58.6 Å². The van der Waals surface area contributed by atoms with Crippen LogP contribution < -0.4 is 9.47 Å². The van der Waals surface area contributed by atoms with Gasteiger partial charge < -0.3 is 14.6 Å². The molecule has 0 fully saturated rings. The summed E-state index contributed by atoms with van der Waals surface area (Å²) >= 11 is 5.75. The lowest BCUT2D eigenvalue weighted by Crippen LogP contribution is -2.11. The summed E-state index contributed by atoms with van der Waals surface area (Å²) in [5.74, 6) is -1.44. The Balaban J connectivity index is 2.25. The summed E-state index contributed by atoms with van der Waals surface area (Å²) in [7, 11) is 0. The minimum Gasteiger partial charge on any atom is -0.494 e. The molecule has 0 saturated heterocycles. The summed E-state index contributed by atoms with van der Waals surface area (Å²) in [6, 6.07) is 10.5. The smallest absolute Gasteiger partial charge is 0.343 e. The number of hydrogen-bond donors (Lipinski definition) is 1. The molecular weight excluding hydrogens is 308 g/mol. The molecule has 0 amide bonds. The molecule has 0 atom stereocenters. The van der Waals surface area contributed by atoms with Crippen LogP contribution in [0.25, 0.3) is 0 Å². The third-order valence-corrected chi connectivity index (χ3v) is 2.99. The van der Waals surface area contributed by atoms with E-state index in [-0.39, 0.29) is 21.9 Å². The lowest BCUT2D eigenvalue weighted by atomic mass is 10.2. The molecule has 114 valence electrons. The minimum absolute atomic E-state index is 0.0660. The Morgan fingerprint density at radius 3 is 2.64 bits per heavy atom. The number of carboxylic acid groups (broad SMARTS) is 1. The van der Waals surface area contributed by atoms with Crippen LogP contribution >= 0.6 is 11.6 Å². The molecule has 2 rings (SSSR count). The first-order chi connectivity index (χ1) is 10.5. The maximum Gasteiger partial charge on any atom is 0.343 e. The number of benzene rings is 2.